The van der Waals surface area contributed by atoms with Crippen molar-refractivity contribution in [2.24, 2.45) is 0 Å². The van der Waals surface area contributed by atoms with E-state index in [-0.39, 0.29) is 11.6 Å². The molecule has 4 rings (SSSR count). The van der Waals surface area contributed by atoms with Gasteiger partial charge in [0.05, 0.1) is 5.52 Å². The quantitative estimate of drug-likeness (QED) is 0.325. The van der Waals surface area contributed by atoms with Crippen LogP contribution < -0.4 is 4.74 Å². The van der Waals surface area contributed by atoms with Gasteiger partial charge in [0.25, 0.3) is 0 Å². The third-order valence-corrected chi connectivity index (χ3v) is 5.69. The summed E-state index contributed by atoms with van der Waals surface area (Å²) in [4.78, 5) is 15.8. The molecule has 0 aliphatic heterocycles. The molecule has 0 aliphatic carbocycles. The lowest BCUT2D eigenvalue weighted by Crippen LogP contribution is -2.01. The molecule has 1 heterocycles. The van der Waals surface area contributed by atoms with E-state index in [2.05, 4.69) is 4.98 Å². The molecule has 31 heavy (non-hydrogen) atoms. The number of aryl methyl sites for hydroxylation is 3. The monoisotopic (exact) mass is 415 g/mol. The Labute approximate surface area is 181 Å². The van der Waals surface area contributed by atoms with Crippen LogP contribution in [-0.2, 0) is 13.0 Å². The first-order valence-electron chi connectivity index (χ1n) is 10.6. The lowest BCUT2D eigenvalue weighted by molar-refractivity contribution is 0.0980. The van der Waals surface area contributed by atoms with Gasteiger partial charge in [0.15, 0.2) is 5.78 Å². The lowest BCUT2D eigenvalue weighted by Gasteiger charge is -2.08. The lowest BCUT2D eigenvalue weighted by atomic mass is 9.99. The molecule has 1 aromatic heterocycles. The molecule has 0 atom stereocenters. The van der Waals surface area contributed by atoms with Gasteiger partial charge in [-0.25, -0.2) is 4.39 Å². The predicted octanol–water partition coefficient (Wildman–Crippen LogP) is 6.71. The predicted molar refractivity (Wildman–Crippen MR) is 122 cm³/mol. The van der Waals surface area contributed by atoms with E-state index in [9.17, 15) is 9.18 Å². The van der Waals surface area contributed by atoms with Crippen LogP contribution in [0.1, 0.15) is 45.6 Å². The number of aromatic nitrogens is 1. The van der Waals surface area contributed by atoms with Crippen molar-refractivity contribution in [3.8, 4) is 5.75 Å². The SMILES string of the molecule is Cc1[nH]c2c(F)ccc(C)c2c1CCCC(=O)c1ccc(OCc2ccccc2)cc1. The number of aromatic amines is 1. The first-order chi connectivity index (χ1) is 15.0. The van der Waals surface area contributed by atoms with Crippen molar-refractivity contribution in [2.75, 3.05) is 0 Å². The number of Topliss-reactive ketones (excluding diaryl/α,β-unsaturated/α-hetero) is 1. The van der Waals surface area contributed by atoms with Gasteiger partial charge in [-0.1, -0.05) is 36.4 Å². The summed E-state index contributed by atoms with van der Waals surface area (Å²) in [6, 6.07) is 20.6. The Balaban J connectivity index is 1.35. The second-order valence-corrected chi connectivity index (χ2v) is 7.92. The summed E-state index contributed by atoms with van der Waals surface area (Å²) in [5.74, 6) is 0.614. The zero-order valence-electron chi connectivity index (χ0n) is 17.9. The third-order valence-electron chi connectivity index (χ3n) is 5.69. The van der Waals surface area contributed by atoms with E-state index in [0.717, 1.165) is 46.4 Å². The molecule has 4 aromatic rings. The maximum atomic E-state index is 14.1. The van der Waals surface area contributed by atoms with Gasteiger partial charge in [0.1, 0.15) is 18.2 Å². The maximum Gasteiger partial charge on any atom is 0.162 e. The van der Waals surface area contributed by atoms with Gasteiger partial charge < -0.3 is 9.72 Å². The summed E-state index contributed by atoms with van der Waals surface area (Å²) in [5.41, 5.74) is 5.47. The number of benzene rings is 3. The Morgan fingerprint density at radius 2 is 1.71 bits per heavy atom. The molecule has 3 aromatic carbocycles. The summed E-state index contributed by atoms with van der Waals surface area (Å²) in [6.07, 6.45) is 1.90. The summed E-state index contributed by atoms with van der Waals surface area (Å²) in [5, 5.41) is 0.949. The highest BCUT2D eigenvalue weighted by Gasteiger charge is 2.14. The first kappa shape index (κ1) is 20.9. The molecule has 1 N–H and O–H groups in total. The number of rotatable bonds is 8. The number of hydrogen-bond acceptors (Lipinski definition) is 2. The highest BCUT2D eigenvalue weighted by molar-refractivity contribution is 5.96. The van der Waals surface area contributed by atoms with E-state index in [4.69, 9.17) is 4.74 Å². The highest BCUT2D eigenvalue weighted by atomic mass is 19.1. The molecule has 158 valence electrons. The number of H-pyrrole nitrogens is 1. The van der Waals surface area contributed by atoms with Crippen molar-refractivity contribution in [3.63, 3.8) is 0 Å². The Morgan fingerprint density at radius 1 is 0.968 bits per heavy atom. The molecule has 4 heteroatoms. The molecule has 0 unspecified atom stereocenters. The molecule has 0 radical (unpaired) electrons. The van der Waals surface area contributed by atoms with Crippen molar-refractivity contribution in [3.05, 3.63) is 100 Å². The Bertz CT molecular complexity index is 1190. The van der Waals surface area contributed by atoms with E-state index in [0.29, 0.717) is 24.1 Å². The van der Waals surface area contributed by atoms with Crippen LogP contribution in [0.5, 0.6) is 5.75 Å². The fourth-order valence-corrected chi connectivity index (χ4v) is 4.00. The molecular weight excluding hydrogens is 389 g/mol. The third kappa shape index (κ3) is 4.69. The topological polar surface area (TPSA) is 42.1 Å². The van der Waals surface area contributed by atoms with Crippen molar-refractivity contribution in [1.82, 2.24) is 4.98 Å². The van der Waals surface area contributed by atoms with Crippen LogP contribution in [0.25, 0.3) is 10.9 Å². The Kier molecular flexibility index (Phi) is 6.17. The van der Waals surface area contributed by atoms with Crippen molar-refractivity contribution >= 4 is 16.7 Å². The van der Waals surface area contributed by atoms with Gasteiger partial charge in [-0.15, -0.1) is 0 Å². The minimum absolute atomic E-state index is 0.106. The van der Waals surface area contributed by atoms with Crippen LogP contribution >= 0.6 is 0 Å². The van der Waals surface area contributed by atoms with Crippen LogP contribution in [0.2, 0.25) is 0 Å². The molecule has 0 amide bonds. The van der Waals surface area contributed by atoms with Crippen LogP contribution in [0.3, 0.4) is 0 Å². The molecule has 0 bridgehead atoms. The number of nitrogens with one attached hydrogen (secondary N) is 1. The number of carbonyl (C=O) groups excluding carboxylic acids is 1. The Morgan fingerprint density at radius 3 is 2.45 bits per heavy atom. The van der Waals surface area contributed by atoms with E-state index in [1.807, 2.05) is 68.4 Å². The molecule has 0 aliphatic rings. The molecule has 0 spiro atoms. The number of ether oxygens (including phenoxy) is 1. The second-order valence-electron chi connectivity index (χ2n) is 7.92. The van der Waals surface area contributed by atoms with Gasteiger partial charge >= 0.3 is 0 Å². The molecule has 3 nitrogen and oxygen atoms in total. The minimum Gasteiger partial charge on any atom is -0.489 e. The van der Waals surface area contributed by atoms with Crippen LogP contribution in [0.4, 0.5) is 4.39 Å². The standard InChI is InChI=1S/C27H26FNO2/c1-18-11-16-24(28)27-26(18)23(19(2)29-27)9-6-10-25(30)21-12-14-22(15-13-21)31-17-20-7-4-3-5-8-20/h3-5,7-8,11-16,29H,6,9-10,17H2,1-2H3. The van der Waals surface area contributed by atoms with E-state index >= 15 is 0 Å². The normalized spacial score (nSPS) is 11.1. The smallest absolute Gasteiger partial charge is 0.162 e. The molecule has 0 saturated heterocycles. The molecule has 0 saturated carbocycles. The van der Waals surface area contributed by atoms with Gasteiger partial charge in [-0.3, -0.25) is 4.79 Å². The second kappa shape index (κ2) is 9.17. The number of ketones is 1. The van der Waals surface area contributed by atoms with E-state index < -0.39 is 0 Å². The van der Waals surface area contributed by atoms with Gasteiger partial charge in [-0.2, -0.15) is 0 Å². The van der Waals surface area contributed by atoms with Crippen molar-refractivity contribution < 1.29 is 13.9 Å². The maximum absolute atomic E-state index is 14.1. The summed E-state index contributed by atoms with van der Waals surface area (Å²) >= 11 is 0. The number of carbonyl (C=O) groups is 1. The van der Waals surface area contributed by atoms with Crippen LogP contribution in [0.15, 0.2) is 66.7 Å². The fraction of sp³-hybridized carbons (Fsp3) is 0.222. The summed E-state index contributed by atoms with van der Waals surface area (Å²) < 4.78 is 19.9. The number of halogens is 1. The first-order valence-corrected chi connectivity index (χ1v) is 10.6. The zero-order chi connectivity index (χ0) is 21.8. The Hall–Kier alpha value is -3.40. The van der Waals surface area contributed by atoms with E-state index in [1.54, 1.807) is 6.07 Å². The average Bonchev–Trinajstić information content (AvgIpc) is 3.13. The van der Waals surface area contributed by atoms with Gasteiger partial charge in [0, 0.05) is 23.1 Å². The number of hydrogen-bond donors (Lipinski definition) is 1. The van der Waals surface area contributed by atoms with E-state index in [1.165, 1.54) is 6.07 Å². The molecule has 0 fully saturated rings. The summed E-state index contributed by atoms with van der Waals surface area (Å²) in [6.45, 7) is 4.45. The van der Waals surface area contributed by atoms with Crippen LogP contribution in [-0.4, -0.2) is 10.8 Å². The summed E-state index contributed by atoms with van der Waals surface area (Å²) in [7, 11) is 0. The van der Waals surface area contributed by atoms with Crippen molar-refractivity contribution in [2.45, 2.75) is 39.7 Å². The molecular formula is C27H26FNO2. The van der Waals surface area contributed by atoms with Crippen molar-refractivity contribution in [1.29, 1.82) is 0 Å². The van der Waals surface area contributed by atoms with Crippen LogP contribution in [0, 0.1) is 19.7 Å². The average molecular weight is 416 g/mol. The zero-order valence-corrected chi connectivity index (χ0v) is 17.9. The number of fused-ring (bicyclic) bond motifs is 1. The largest absolute Gasteiger partial charge is 0.489 e. The van der Waals surface area contributed by atoms with Gasteiger partial charge in [0.2, 0.25) is 0 Å². The fourth-order valence-electron chi connectivity index (χ4n) is 4.00. The minimum atomic E-state index is -0.236. The van der Waals surface area contributed by atoms with Gasteiger partial charge in [-0.05, 0) is 73.7 Å². The highest BCUT2D eigenvalue weighted by Crippen LogP contribution is 2.29.